The van der Waals surface area contributed by atoms with Gasteiger partial charge < -0.3 is 9.84 Å². The van der Waals surface area contributed by atoms with Gasteiger partial charge in [-0.25, -0.2) is 9.18 Å². The number of carboxylic acid groups (broad SMARTS) is 1. The molecule has 0 saturated carbocycles. The van der Waals surface area contributed by atoms with E-state index in [1.54, 1.807) is 0 Å². The van der Waals surface area contributed by atoms with Crippen molar-refractivity contribution < 1.29 is 45.4 Å². The molecular weight excluding hydrogens is 543 g/mol. The Morgan fingerprint density at radius 1 is 0.974 bits per heavy atom. The lowest BCUT2D eigenvalue weighted by Crippen LogP contribution is -2.15. The quantitative estimate of drug-likeness (QED) is 0.309. The summed E-state index contributed by atoms with van der Waals surface area (Å²) in [4.78, 5) is 14.8. The van der Waals surface area contributed by atoms with Gasteiger partial charge in [0.1, 0.15) is 18.2 Å². The van der Waals surface area contributed by atoms with Crippen LogP contribution in [0.3, 0.4) is 0 Å². The minimum Gasteiger partial charge on any atom is -0.488 e. The van der Waals surface area contributed by atoms with Crippen LogP contribution in [0.15, 0.2) is 48.7 Å². The maximum Gasteiger partial charge on any atom is 0.434 e. The molecule has 1 aromatic heterocycles. The highest BCUT2D eigenvalue weighted by molar-refractivity contribution is 6.31. The summed E-state index contributed by atoms with van der Waals surface area (Å²) < 4.78 is 99.6. The van der Waals surface area contributed by atoms with Gasteiger partial charge in [0.25, 0.3) is 0 Å². The Bertz CT molecular complexity index is 1430. The minimum absolute atomic E-state index is 0.0334. The van der Waals surface area contributed by atoms with E-state index < -0.39 is 41.0 Å². The molecule has 4 nitrogen and oxygen atoms in total. The number of benzene rings is 2. The summed E-state index contributed by atoms with van der Waals surface area (Å²) in [5.41, 5.74) is -2.44. The molecule has 0 unspecified atom stereocenters. The smallest absolute Gasteiger partial charge is 0.434 e. The fourth-order valence-corrected chi connectivity index (χ4v) is 4.46. The van der Waals surface area contributed by atoms with Gasteiger partial charge in [-0.15, -0.1) is 0 Å². The van der Waals surface area contributed by atoms with Crippen molar-refractivity contribution in [2.24, 2.45) is 0 Å². The van der Waals surface area contributed by atoms with Crippen LogP contribution in [-0.2, 0) is 19.0 Å². The molecule has 0 amide bonds. The van der Waals surface area contributed by atoms with Crippen molar-refractivity contribution in [3.8, 4) is 5.75 Å². The zero-order chi connectivity index (χ0) is 27.8. The Morgan fingerprint density at radius 3 is 2.32 bits per heavy atom. The first-order valence-corrected chi connectivity index (χ1v) is 11.4. The number of nitrogens with zero attached hydrogens (tertiary/aromatic N) is 1. The van der Waals surface area contributed by atoms with Crippen LogP contribution >= 0.6 is 11.6 Å². The van der Waals surface area contributed by atoms with Crippen molar-refractivity contribution in [3.63, 3.8) is 0 Å². The summed E-state index contributed by atoms with van der Waals surface area (Å²) in [5.74, 6) is -2.39. The second kappa shape index (κ2) is 10.3. The number of carbonyl (C=O) groups is 1. The molecule has 1 heterocycles. The van der Waals surface area contributed by atoms with Crippen molar-refractivity contribution in [3.05, 3.63) is 93.0 Å². The Hall–Kier alpha value is -3.60. The highest BCUT2D eigenvalue weighted by atomic mass is 35.5. The normalized spacial score (nSPS) is 14.2. The van der Waals surface area contributed by atoms with E-state index in [-0.39, 0.29) is 41.3 Å². The number of alkyl halides is 6. The van der Waals surface area contributed by atoms with Crippen molar-refractivity contribution in [1.82, 2.24) is 4.98 Å². The lowest BCUT2D eigenvalue weighted by Gasteiger charge is -2.18. The fraction of sp³-hybridized carbons (Fsp3) is 0.231. The molecule has 1 N–H and O–H groups in total. The van der Waals surface area contributed by atoms with Gasteiger partial charge in [-0.05, 0) is 72.4 Å². The maximum atomic E-state index is 13.6. The molecular formula is C26H17ClF7NO3. The van der Waals surface area contributed by atoms with Crippen molar-refractivity contribution >= 4 is 28.7 Å². The highest BCUT2D eigenvalue weighted by Crippen LogP contribution is 2.45. The molecule has 0 fully saturated rings. The highest BCUT2D eigenvalue weighted by Gasteiger charge is 2.38. The van der Waals surface area contributed by atoms with Crippen LogP contribution in [0, 0.1) is 5.82 Å². The number of aromatic nitrogens is 1. The van der Waals surface area contributed by atoms with Crippen LogP contribution in [0.2, 0.25) is 5.02 Å². The van der Waals surface area contributed by atoms with E-state index in [0.29, 0.717) is 23.1 Å². The first-order valence-electron chi connectivity index (χ1n) is 11.1. The predicted octanol–water partition coefficient (Wildman–Crippen LogP) is 8.28. The molecule has 1 aliphatic carbocycles. The molecule has 0 atom stereocenters. The van der Waals surface area contributed by atoms with Crippen LogP contribution in [0.25, 0.3) is 11.1 Å². The number of halogens is 8. The van der Waals surface area contributed by atoms with E-state index in [1.807, 2.05) is 0 Å². The SMILES string of the molecule is O=C(O)c1cc(C2=C(c3cc(C(F)(F)F)ccc3OCc3ccc(F)cc3Cl)CCC2)cnc1C(F)(F)F. The maximum absolute atomic E-state index is 13.6. The van der Waals surface area contributed by atoms with E-state index in [0.717, 1.165) is 42.6 Å². The summed E-state index contributed by atoms with van der Waals surface area (Å²) >= 11 is 6.02. The van der Waals surface area contributed by atoms with Gasteiger partial charge >= 0.3 is 18.3 Å². The van der Waals surface area contributed by atoms with E-state index in [1.165, 1.54) is 6.07 Å². The Morgan fingerprint density at radius 2 is 1.68 bits per heavy atom. The second-order valence-corrected chi connectivity index (χ2v) is 8.87. The summed E-state index contributed by atoms with van der Waals surface area (Å²) in [7, 11) is 0. The fourth-order valence-electron chi connectivity index (χ4n) is 4.24. The molecule has 0 saturated heterocycles. The minimum atomic E-state index is -5.01. The summed E-state index contributed by atoms with van der Waals surface area (Å²) in [6.07, 6.45) is -7.87. The number of carboxylic acids is 1. The third-order valence-electron chi connectivity index (χ3n) is 5.98. The topological polar surface area (TPSA) is 59.4 Å². The Labute approximate surface area is 216 Å². The van der Waals surface area contributed by atoms with Crippen LogP contribution in [-0.4, -0.2) is 16.1 Å². The molecule has 2 aromatic carbocycles. The summed E-state index contributed by atoms with van der Waals surface area (Å²) in [6, 6.07) is 7.21. The van der Waals surface area contributed by atoms with Crippen molar-refractivity contribution in [1.29, 1.82) is 0 Å². The van der Waals surface area contributed by atoms with E-state index >= 15 is 0 Å². The number of hydrogen-bond donors (Lipinski definition) is 1. The largest absolute Gasteiger partial charge is 0.488 e. The van der Waals surface area contributed by atoms with Gasteiger partial charge in [-0.1, -0.05) is 17.7 Å². The van der Waals surface area contributed by atoms with Crippen LogP contribution < -0.4 is 4.74 Å². The molecule has 1 aliphatic rings. The zero-order valence-electron chi connectivity index (χ0n) is 19.2. The summed E-state index contributed by atoms with van der Waals surface area (Å²) in [6.45, 7) is -0.203. The molecule has 0 aliphatic heterocycles. The first-order chi connectivity index (χ1) is 17.8. The van der Waals surface area contributed by atoms with Gasteiger partial charge in [0.05, 0.1) is 16.1 Å². The van der Waals surface area contributed by atoms with Gasteiger partial charge in [0, 0.05) is 17.3 Å². The Kier molecular flexibility index (Phi) is 7.42. The molecule has 4 rings (SSSR count). The van der Waals surface area contributed by atoms with E-state index in [4.69, 9.17) is 16.3 Å². The van der Waals surface area contributed by atoms with Gasteiger partial charge in [0.2, 0.25) is 0 Å². The number of rotatable bonds is 6. The second-order valence-electron chi connectivity index (χ2n) is 8.47. The van der Waals surface area contributed by atoms with Gasteiger partial charge in [-0.3, -0.25) is 4.98 Å². The van der Waals surface area contributed by atoms with Crippen LogP contribution in [0.1, 0.15) is 57.6 Å². The van der Waals surface area contributed by atoms with Crippen LogP contribution in [0.5, 0.6) is 5.75 Å². The molecule has 0 bridgehead atoms. The average Bonchev–Trinajstić information content (AvgIpc) is 3.31. The predicted molar refractivity (Wildman–Crippen MR) is 124 cm³/mol. The molecule has 12 heteroatoms. The van der Waals surface area contributed by atoms with Gasteiger partial charge in [-0.2, -0.15) is 26.3 Å². The number of ether oxygens (including phenoxy) is 1. The van der Waals surface area contributed by atoms with Gasteiger partial charge in [0.15, 0.2) is 5.69 Å². The number of aromatic carboxylic acids is 1. The third-order valence-corrected chi connectivity index (χ3v) is 6.34. The van der Waals surface area contributed by atoms with Crippen LogP contribution in [0.4, 0.5) is 30.7 Å². The van der Waals surface area contributed by atoms with E-state index in [9.17, 15) is 40.6 Å². The molecule has 38 heavy (non-hydrogen) atoms. The lowest BCUT2D eigenvalue weighted by molar-refractivity contribution is -0.141. The Balaban J connectivity index is 1.82. The standard InChI is InChI=1S/C26H17ClF7NO3/c27-21-10-16(28)6-4-13(21)12-38-22-7-5-15(25(29,30)31)9-19(22)18-3-1-2-17(18)14-8-20(24(36)37)23(35-11-14)26(32,33)34/h4-11H,1-3,12H2,(H,36,37). The lowest BCUT2D eigenvalue weighted by atomic mass is 9.94. The summed E-state index contributed by atoms with van der Waals surface area (Å²) in [5, 5.41) is 9.38. The average molecular weight is 560 g/mol. The molecule has 3 aromatic rings. The number of allylic oxidation sites excluding steroid dienone is 2. The molecule has 0 radical (unpaired) electrons. The van der Waals surface area contributed by atoms with Crippen molar-refractivity contribution in [2.45, 2.75) is 38.2 Å². The monoisotopic (exact) mass is 559 g/mol. The first kappa shape index (κ1) is 27.4. The molecule has 0 spiro atoms. The zero-order valence-corrected chi connectivity index (χ0v) is 19.9. The van der Waals surface area contributed by atoms with E-state index in [2.05, 4.69) is 4.98 Å². The number of hydrogen-bond acceptors (Lipinski definition) is 3. The molecule has 200 valence electrons. The van der Waals surface area contributed by atoms with Crippen molar-refractivity contribution in [2.75, 3.05) is 0 Å². The third kappa shape index (κ3) is 5.77. The number of pyridine rings is 1.